The number of hydrogen-bond acceptors (Lipinski definition) is 6. The molecule has 3 rings (SSSR count). The second-order valence-corrected chi connectivity index (χ2v) is 7.64. The van der Waals surface area contributed by atoms with Gasteiger partial charge in [-0.05, 0) is 48.6 Å². The molecule has 0 unspecified atom stereocenters. The first kappa shape index (κ1) is 23.9. The number of primary amides is 1. The number of aromatic nitrogens is 2. The Balaban J connectivity index is 2.04. The van der Waals surface area contributed by atoms with Gasteiger partial charge in [-0.25, -0.2) is 4.68 Å². The van der Waals surface area contributed by atoms with Gasteiger partial charge >= 0.3 is 0 Å². The van der Waals surface area contributed by atoms with Crippen molar-refractivity contribution < 1.29 is 19.4 Å². The van der Waals surface area contributed by atoms with E-state index in [1.165, 1.54) is 6.08 Å². The average Bonchev–Trinajstić information content (AvgIpc) is 3.45. The van der Waals surface area contributed by atoms with Crippen LogP contribution in [-0.2, 0) is 11.2 Å². The number of benzene rings is 1. The first-order chi connectivity index (χ1) is 15.9. The lowest BCUT2D eigenvalue weighted by Crippen LogP contribution is -2.28. The Labute approximate surface area is 193 Å². The summed E-state index contributed by atoms with van der Waals surface area (Å²) in [6.45, 7) is 6.61. The molecule has 1 aliphatic rings. The molecule has 0 aliphatic carbocycles. The van der Waals surface area contributed by atoms with E-state index in [4.69, 9.17) is 10.5 Å². The van der Waals surface area contributed by atoms with E-state index in [-0.39, 0.29) is 36.4 Å². The molecule has 9 heteroatoms. The smallest absolute Gasteiger partial charge is 0.255 e. The highest BCUT2D eigenvalue weighted by Crippen LogP contribution is 2.29. The SMILES string of the molecule is C=CC(=O)N1CC[C@H](n2nc(C#Cc3cc(CC)cc(OC)c3)c(C(N)=O)c2NCCO)C1. The van der Waals surface area contributed by atoms with Crippen LogP contribution in [0.1, 0.15) is 46.6 Å². The summed E-state index contributed by atoms with van der Waals surface area (Å²) in [7, 11) is 1.60. The standard InChI is InChI=1S/C24H29N5O4/c1-4-16-12-17(14-19(13-16)33-3)6-7-20-22(23(25)32)24(26-9-11-30)29(27-20)18-8-10-28(15-18)21(31)5-2/h5,12-14,18,26,30H,2,4,8-11,15H2,1,3H3,(H2,25,32)/t18-/m0/s1. The van der Waals surface area contributed by atoms with Gasteiger partial charge in [-0.1, -0.05) is 19.4 Å². The molecule has 1 aromatic heterocycles. The monoisotopic (exact) mass is 451 g/mol. The van der Waals surface area contributed by atoms with Gasteiger partial charge < -0.3 is 25.8 Å². The number of carbonyl (C=O) groups excluding carboxylic acids is 2. The van der Waals surface area contributed by atoms with Gasteiger partial charge in [-0.15, -0.1) is 0 Å². The zero-order chi connectivity index (χ0) is 24.0. The number of nitrogens with one attached hydrogen (secondary N) is 1. The fourth-order valence-corrected chi connectivity index (χ4v) is 3.82. The minimum atomic E-state index is -0.678. The molecule has 2 heterocycles. The second kappa shape index (κ2) is 10.7. The maximum Gasteiger partial charge on any atom is 0.255 e. The zero-order valence-corrected chi connectivity index (χ0v) is 18.9. The Bertz CT molecular complexity index is 1090. The van der Waals surface area contributed by atoms with E-state index in [2.05, 4.69) is 28.8 Å². The highest BCUT2D eigenvalue weighted by atomic mass is 16.5. The molecule has 4 N–H and O–H groups in total. The highest BCUT2D eigenvalue weighted by Gasteiger charge is 2.31. The Morgan fingerprint density at radius 3 is 2.82 bits per heavy atom. The van der Waals surface area contributed by atoms with Crippen molar-refractivity contribution in [2.24, 2.45) is 5.73 Å². The molecule has 9 nitrogen and oxygen atoms in total. The van der Waals surface area contributed by atoms with Gasteiger partial charge in [0.2, 0.25) is 5.91 Å². The summed E-state index contributed by atoms with van der Waals surface area (Å²) in [6.07, 6.45) is 2.75. The zero-order valence-electron chi connectivity index (χ0n) is 18.9. The molecule has 1 aliphatic heterocycles. The quantitative estimate of drug-likeness (QED) is 0.411. The lowest BCUT2D eigenvalue weighted by molar-refractivity contribution is -0.125. The van der Waals surface area contributed by atoms with Crippen LogP contribution in [0, 0.1) is 11.8 Å². The second-order valence-electron chi connectivity index (χ2n) is 7.64. The minimum absolute atomic E-state index is 0.139. The van der Waals surface area contributed by atoms with Gasteiger partial charge in [0, 0.05) is 25.2 Å². The first-order valence-electron chi connectivity index (χ1n) is 10.8. The minimum Gasteiger partial charge on any atom is -0.497 e. The van der Waals surface area contributed by atoms with Gasteiger partial charge in [0.05, 0.1) is 19.8 Å². The number of aryl methyl sites for hydroxylation is 1. The Morgan fingerprint density at radius 1 is 1.39 bits per heavy atom. The number of aliphatic hydroxyl groups is 1. The van der Waals surface area contributed by atoms with Crippen molar-refractivity contribution in [3.63, 3.8) is 0 Å². The van der Waals surface area contributed by atoms with Crippen molar-refractivity contribution in [3.8, 4) is 17.6 Å². The van der Waals surface area contributed by atoms with Crippen LogP contribution in [-0.4, -0.2) is 65.0 Å². The van der Waals surface area contributed by atoms with Crippen molar-refractivity contribution in [1.82, 2.24) is 14.7 Å². The summed E-state index contributed by atoms with van der Waals surface area (Å²) in [6, 6.07) is 5.54. The number of anilines is 1. The third-order valence-corrected chi connectivity index (χ3v) is 5.49. The molecule has 2 aromatic rings. The number of amides is 2. The Kier molecular flexibility index (Phi) is 7.74. The summed E-state index contributed by atoms with van der Waals surface area (Å²) in [5.41, 5.74) is 7.88. The number of ether oxygens (including phenoxy) is 1. The van der Waals surface area contributed by atoms with Crippen LogP contribution in [0.5, 0.6) is 5.75 Å². The summed E-state index contributed by atoms with van der Waals surface area (Å²) < 4.78 is 7.00. The number of carbonyl (C=O) groups is 2. The fraction of sp³-hybridized carbons (Fsp3) is 0.375. The summed E-state index contributed by atoms with van der Waals surface area (Å²) in [5, 5.41) is 16.9. The third kappa shape index (κ3) is 5.35. The van der Waals surface area contributed by atoms with Gasteiger partial charge in [-0.2, -0.15) is 5.10 Å². The van der Waals surface area contributed by atoms with Crippen molar-refractivity contribution in [2.45, 2.75) is 25.8 Å². The lowest BCUT2D eigenvalue weighted by Gasteiger charge is -2.17. The van der Waals surface area contributed by atoms with E-state index >= 15 is 0 Å². The van der Waals surface area contributed by atoms with Gasteiger partial charge in [0.15, 0.2) is 5.69 Å². The number of aliphatic hydroxyl groups excluding tert-OH is 1. The molecule has 1 fully saturated rings. The molecule has 1 saturated heterocycles. The predicted molar refractivity (Wildman–Crippen MR) is 125 cm³/mol. The van der Waals surface area contributed by atoms with E-state index in [0.717, 1.165) is 17.5 Å². The average molecular weight is 452 g/mol. The number of methoxy groups -OCH3 is 1. The summed E-state index contributed by atoms with van der Waals surface area (Å²) >= 11 is 0. The van der Waals surface area contributed by atoms with Crippen LogP contribution in [0.3, 0.4) is 0 Å². The van der Waals surface area contributed by atoms with E-state index in [9.17, 15) is 14.7 Å². The molecule has 33 heavy (non-hydrogen) atoms. The van der Waals surface area contributed by atoms with Crippen LogP contribution >= 0.6 is 0 Å². The van der Waals surface area contributed by atoms with Crippen molar-refractivity contribution in [2.75, 3.05) is 38.7 Å². The number of hydrogen-bond donors (Lipinski definition) is 3. The van der Waals surface area contributed by atoms with E-state index < -0.39 is 5.91 Å². The van der Waals surface area contributed by atoms with Crippen LogP contribution in [0.25, 0.3) is 0 Å². The maximum absolute atomic E-state index is 12.4. The largest absolute Gasteiger partial charge is 0.497 e. The van der Waals surface area contributed by atoms with Gasteiger partial charge in [0.25, 0.3) is 5.91 Å². The Hall–Kier alpha value is -3.77. The molecule has 0 saturated carbocycles. The molecule has 0 spiro atoms. The van der Waals surface area contributed by atoms with Gasteiger partial charge in [0.1, 0.15) is 17.1 Å². The molecule has 0 radical (unpaired) electrons. The van der Waals surface area contributed by atoms with Crippen LogP contribution in [0.15, 0.2) is 30.9 Å². The van der Waals surface area contributed by atoms with Crippen molar-refractivity contribution in [3.05, 3.63) is 53.2 Å². The normalized spacial score (nSPS) is 15.0. The molecule has 1 atom stereocenters. The number of likely N-dealkylation sites (tertiary alicyclic amines) is 1. The molecular formula is C24H29N5O4. The molecular weight excluding hydrogens is 422 g/mol. The predicted octanol–water partition coefficient (Wildman–Crippen LogP) is 1.32. The van der Waals surface area contributed by atoms with Crippen molar-refractivity contribution >= 4 is 17.6 Å². The van der Waals surface area contributed by atoms with E-state index in [0.29, 0.717) is 31.1 Å². The third-order valence-electron chi connectivity index (χ3n) is 5.49. The molecule has 174 valence electrons. The number of nitrogens with two attached hydrogens (primary N) is 1. The molecule has 0 bridgehead atoms. The molecule has 2 amide bonds. The van der Waals surface area contributed by atoms with Crippen LogP contribution < -0.4 is 15.8 Å². The number of rotatable bonds is 8. The molecule has 1 aromatic carbocycles. The van der Waals surface area contributed by atoms with Crippen molar-refractivity contribution in [1.29, 1.82) is 0 Å². The van der Waals surface area contributed by atoms with E-state index in [1.54, 1.807) is 16.7 Å². The topological polar surface area (TPSA) is 123 Å². The maximum atomic E-state index is 12.4. The fourth-order valence-electron chi connectivity index (χ4n) is 3.82. The first-order valence-corrected chi connectivity index (χ1v) is 10.8. The van der Waals surface area contributed by atoms with Crippen LogP contribution in [0.2, 0.25) is 0 Å². The van der Waals surface area contributed by atoms with E-state index in [1.807, 2.05) is 25.1 Å². The van der Waals surface area contributed by atoms with Gasteiger partial charge in [-0.3, -0.25) is 9.59 Å². The summed E-state index contributed by atoms with van der Waals surface area (Å²) in [4.78, 5) is 26.1. The Morgan fingerprint density at radius 2 is 2.18 bits per heavy atom. The number of nitrogens with zero attached hydrogens (tertiary/aromatic N) is 3. The highest BCUT2D eigenvalue weighted by molar-refractivity contribution is 6.00. The summed E-state index contributed by atoms with van der Waals surface area (Å²) in [5.74, 6) is 6.29. The van der Waals surface area contributed by atoms with Crippen LogP contribution in [0.4, 0.5) is 5.82 Å². The lowest BCUT2D eigenvalue weighted by atomic mass is 10.1.